The van der Waals surface area contributed by atoms with Crippen molar-refractivity contribution in [3.63, 3.8) is 0 Å². The van der Waals surface area contributed by atoms with Crippen molar-refractivity contribution in [3.05, 3.63) is 0 Å². The Kier molecular flexibility index (Phi) is 37.6. The second-order valence-electron chi connectivity index (χ2n) is 9.61. The van der Waals surface area contributed by atoms with E-state index in [1.807, 2.05) is 0 Å². The van der Waals surface area contributed by atoms with Gasteiger partial charge in [-0.2, -0.15) is 0 Å². The van der Waals surface area contributed by atoms with Gasteiger partial charge >= 0.3 is 35.8 Å². The summed E-state index contributed by atoms with van der Waals surface area (Å²) in [4.78, 5) is 114. The minimum absolute atomic E-state index is 0. The number of esters is 6. The van der Waals surface area contributed by atoms with E-state index in [0.717, 1.165) is 0 Å². The van der Waals surface area contributed by atoms with Gasteiger partial charge in [0, 0.05) is 110 Å². The molecule has 0 saturated heterocycles. The SMILES string of the molecule is CC(COC(=O)CC[C-]=O)(COC(=O)CC[C-]=O)C(=O)OCCOC(=O)C(C)(COC(=O)CC[C-]=O)COC(=O)CC[C-]=O.[W].[W].[W].[W]. The average Bonchev–Trinajstić information content (AvgIpc) is 3.01. The molecule has 16 nitrogen and oxygen atoms in total. The van der Waals surface area contributed by atoms with Gasteiger partial charge in [-0.25, -0.2) is 0 Å². The molecule has 0 rings (SSSR count). The van der Waals surface area contributed by atoms with Crippen LogP contribution >= 0.6 is 0 Å². The van der Waals surface area contributed by atoms with Gasteiger partial charge in [-0.05, 0) is 13.8 Å². The summed E-state index contributed by atoms with van der Waals surface area (Å²) in [5.41, 5.74) is -3.47. The maximum Gasteiger partial charge on any atom is 0.318 e. The van der Waals surface area contributed by atoms with Gasteiger partial charge < -0.3 is 47.6 Å². The van der Waals surface area contributed by atoms with Crippen molar-refractivity contribution in [3.8, 4) is 0 Å². The van der Waals surface area contributed by atoms with E-state index in [2.05, 4.69) is 0 Å². The Morgan fingerprint density at radius 1 is 0.417 bits per heavy atom. The zero-order valence-electron chi connectivity index (χ0n) is 26.1. The third kappa shape index (κ3) is 25.3. The van der Waals surface area contributed by atoms with Gasteiger partial charge in [0.1, 0.15) is 50.5 Å². The van der Waals surface area contributed by atoms with Crippen LogP contribution in [0, 0.1) is 10.8 Å². The van der Waals surface area contributed by atoms with Crippen LogP contribution in [0.25, 0.3) is 0 Å². The normalized spacial score (nSPS) is 9.96. The zero-order valence-corrected chi connectivity index (χ0v) is 37.8. The maximum absolute atomic E-state index is 12.8. The Hall–Kier alpha value is -1.75. The molecule has 20 heteroatoms. The van der Waals surface area contributed by atoms with Crippen LogP contribution in [0.4, 0.5) is 0 Å². The van der Waals surface area contributed by atoms with Gasteiger partial charge in [-0.1, -0.05) is 0 Å². The van der Waals surface area contributed by atoms with Gasteiger partial charge in [0.15, 0.2) is 0 Å². The van der Waals surface area contributed by atoms with Crippen molar-refractivity contribution in [2.75, 3.05) is 39.6 Å². The molecule has 0 saturated carbocycles. The van der Waals surface area contributed by atoms with Crippen LogP contribution in [-0.2, 0) is 161 Å². The van der Waals surface area contributed by atoms with Crippen LogP contribution in [0.2, 0.25) is 0 Å². The van der Waals surface area contributed by atoms with E-state index in [-0.39, 0.29) is 136 Å². The van der Waals surface area contributed by atoms with Crippen LogP contribution in [0.5, 0.6) is 0 Å². The Morgan fingerprint density at radius 2 is 0.625 bits per heavy atom. The molecule has 0 bridgehead atoms. The molecule has 0 aromatic heterocycles. The summed E-state index contributed by atoms with van der Waals surface area (Å²) in [5, 5.41) is 0. The first-order valence-electron chi connectivity index (χ1n) is 13.2. The molecule has 0 aromatic carbocycles. The molecule has 0 aliphatic heterocycles. The molecule has 270 valence electrons. The Bertz CT molecular complexity index is 901. The van der Waals surface area contributed by atoms with Crippen molar-refractivity contribution in [2.24, 2.45) is 10.8 Å². The molecule has 0 aliphatic carbocycles. The Balaban J connectivity index is -0.00000154. The molecule has 0 unspecified atom stereocenters. The van der Waals surface area contributed by atoms with Gasteiger partial charge in [-0.3, -0.25) is 53.9 Å². The summed E-state index contributed by atoms with van der Waals surface area (Å²) < 4.78 is 30.2. The molecule has 0 heterocycles. The number of rotatable bonds is 25. The molecule has 0 N–H and O–H groups in total. The molecule has 0 fully saturated rings. The van der Waals surface area contributed by atoms with Crippen molar-refractivity contribution in [2.45, 2.75) is 65.2 Å². The van der Waals surface area contributed by atoms with Crippen LogP contribution in [0.1, 0.15) is 65.2 Å². The van der Waals surface area contributed by atoms with Crippen molar-refractivity contribution in [1.82, 2.24) is 0 Å². The largest absolute Gasteiger partial charge is 0.542 e. The first kappa shape index (κ1) is 55.7. The predicted octanol–water partition coefficient (Wildman–Crippen LogP) is -0.192. The molecule has 0 aliphatic rings. The molecular formula is C28H34O16W4-4. The molecule has 48 heavy (non-hydrogen) atoms. The van der Waals surface area contributed by atoms with E-state index in [1.165, 1.54) is 39.0 Å². The summed E-state index contributed by atoms with van der Waals surface area (Å²) in [6, 6.07) is 0. The number of carbonyl (C=O) groups is 6. The van der Waals surface area contributed by atoms with Crippen molar-refractivity contribution < 1.29 is 161 Å². The molecule has 0 spiro atoms. The number of hydrogen-bond acceptors (Lipinski definition) is 16. The minimum Gasteiger partial charge on any atom is -0.542 e. The second kappa shape index (κ2) is 32.5. The minimum atomic E-state index is -1.74. The van der Waals surface area contributed by atoms with E-state index in [0.29, 0.717) is 0 Å². The molecule has 0 atom stereocenters. The smallest absolute Gasteiger partial charge is 0.318 e. The van der Waals surface area contributed by atoms with Gasteiger partial charge in [0.25, 0.3) is 0 Å². The fourth-order valence-electron chi connectivity index (χ4n) is 2.80. The van der Waals surface area contributed by atoms with Crippen LogP contribution < -0.4 is 0 Å². The fourth-order valence-corrected chi connectivity index (χ4v) is 2.80. The van der Waals surface area contributed by atoms with Gasteiger partial charge in [0.05, 0.1) is 0 Å². The van der Waals surface area contributed by atoms with Crippen LogP contribution in [0.3, 0.4) is 0 Å². The van der Waals surface area contributed by atoms with Gasteiger partial charge in [0.2, 0.25) is 0 Å². The quantitative estimate of drug-likeness (QED) is 0.0500. The maximum atomic E-state index is 12.8. The Morgan fingerprint density at radius 3 is 0.812 bits per heavy atom. The van der Waals surface area contributed by atoms with Crippen LogP contribution in [0.15, 0.2) is 0 Å². The topological polar surface area (TPSA) is 226 Å². The summed E-state index contributed by atoms with van der Waals surface area (Å²) in [6.45, 7) is -1.04. The van der Waals surface area contributed by atoms with Crippen LogP contribution in [-0.4, -0.2) is 101 Å². The molecule has 0 amide bonds. The Labute approximate surface area is 334 Å². The number of hydrogen-bond donors (Lipinski definition) is 0. The molecule has 0 radical (unpaired) electrons. The van der Waals surface area contributed by atoms with E-state index in [9.17, 15) is 47.9 Å². The van der Waals surface area contributed by atoms with E-state index in [4.69, 9.17) is 28.4 Å². The predicted molar refractivity (Wildman–Crippen MR) is 142 cm³/mol. The number of carbonyl (C=O) groups excluding carboxylic acids is 10. The average molecular weight is 1360 g/mol. The summed E-state index contributed by atoms with van der Waals surface area (Å²) in [6.07, 6.45) is 3.84. The third-order valence-corrected chi connectivity index (χ3v) is 5.47. The fraction of sp³-hybridized carbons (Fsp3) is 0.643. The van der Waals surface area contributed by atoms with Crippen molar-refractivity contribution >= 4 is 61.0 Å². The van der Waals surface area contributed by atoms with Gasteiger partial charge in [-0.15, -0.1) is 25.7 Å². The monoisotopic (exact) mass is 1360 g/mol. The first-order chi connectivity index (χ1) is 20.9. The summed E-state index contributed by atoms with van der Waals surface area (Å²) in [7, 11) is 0. The third-order valence-electron chi connectivity index (χ3n) is 5.47. The second-order valence-corrected chi connectivity index (χ2v) is 9.61. The first-order valence-corrected chi connectivity index (χ1v) is 13.2. The number of ether oxygens (including phenoxy) is 6. The standard InChI is InChI=1S/C28H34O16.4W/c1-27(17-41-21(33)7-3-11-29,18-42-22(34)8-4-12-30)25(37)39-15-16-40-26(38)28(2,19-43-23(35)9-5-13-31)20-44-24(36)10-6-14-32;;;;/h3-10,15-20H2,1-2H3;;;;/q-4;;;;. The molecular weight excluding hydrogens is 1330 g/mol. The van der Waals surface area contributed by atoms with E-state index in [1.54, 1.807) is 0 Å². The van der Waals surface area contributed by atoms with Crippen molar-refractivity contribution in [1.29, 1.82) is 0 Å². The summed E-state index contributed by atoms with van der Waals surface area (Å²) in [5.74, 6) is -5.39. The van der Waals surface area contributed by atoms with E-state index < -0.39 is 86.3 Å². The summed E-state index contributed by atoms with van der Waals surface area (Å²) >= 11 is 0. The molecule has 0 aromatic rings. The zero-order chi connectivity index (χ0) is 33.4. The van der Waals surface area contributed by atoms with E-state index >= 15 is 0 Å².